The van der Waals surface area contributed by atoms with E-state index in [0.717, 1.165) is 37.4 Å². The molecule has 1 aromatic carbocycles. The number of nitrogens with zero attached hydrogens (tertiary/aromatic N) is 6. The highest BCUT2D eigenvalue weighted by Crippen LogP contribution is 2.25. The maximum absolute atomic E-state index is 12.3. The molecule has 1 fully saturated rings. The number of thioether (sulfide) groups is 1. The van der Waals surface area contributed by atoms with Gasteiger partial charge in [0.25, 0.3) is 0 Å². The van der Waals surface area contributed by atoms with E-state index in [2.05, 4.69) is 20.3 Å². The minimum Gasteiger partial charge on any atom is -0.497 e. The first-order chi connectivity index (χ1) is 12.8. The molecular weight excluding hydrogens is 352 g/mol. The number of ether oxygens (including phenoxy) is 1. The van der Waals surface area contributed by atoms with Gasteiger partial charge in [-0.05, 0) is 37.1 Å². The highest BCUT2D eigenvalue weighted by atomic mass is 32.2. The van der Waals surface area contributed by atoms with Gasteiger partial charge in [0.1, 0.15) is 17.1 Å². The summed E-state index contributed by atoms with van der Waals surface area (Å²) in [6.45, 7) is 1.71. The van der Waals surface area contributed by atoms with Crippen molar-refractivity contribution < 1.29 is 9.53 Å². The summed E-state index contributed by atoms with van der Waals surface area (Å²) in [5.74, 6) is 1.26. The van der Waals surface area contributed by atoms with E-state index in [-0.39, 0.29) is 5.91 Å². The summed E-state index contributed by atoms with van der Waals surface area (Å²) in [7, 11) is 1.63. The fraction of sp³-hybridized carbons (Fsp3) is 0.353. The van der Waals surface area contributed by atoms with Gasteiger partial charge in [-0.2, -0.15) is 4.68 Å². The molecule has 0 bridgehead atoms. The van der Waals surface area contributed by atoms with Crippen LogP contribution in [0.4, 0.5) is 0 Å². The van der Waals surface area contributed by atoms with Crippen molar-refractivity contribution in [3.63, 3.8) is 0 Å². The zero-order chi connectivity index (χ0) is 17.9. The van der Waals surface area contributed by atoms with Crippen molar-refractivity contribution in [1.29, 1.82) is 0 Å². The fourth-order valence-electron chi connectivity index (χ4n) is 2.92. The third-order valence-corrected chi connectivity index (χ3v) is 5.28. The number of aromatic nitrogens is 5. The number of fused-ring (bicyclic) bond motifs is 1. The summed E-state index contributed by atoms with van der Waals surface area (Å²) >= 11 is 1.38. The lowest BCUT2D eigenvalue weighted by Crippen LogP contribution is -2.29. The number of rotatable bonds is 5. The van der Waals surface area contributed by atoms with Crippen LogP contribution >= 0.6 is 11.8 Å². The van der Waals surface area contributed by atoms with Gasteiger partial charge in [-0.3, -0.25) is 4.79 Å². The molecule has 1 aliphatic heterocycles. The van der Waals surface area contributed by atoms with Gasteiger partial charge in [0.15, 0.2) is 11.2 Å². The molecule has 26 heavy (non-hydrogen) atoms. The first kappa shape index (κ1) is 16.8. The third-order valence-electron chi connectivity index (χ3n) is 4.31. The van der Waals surface area contributed by atoms with E-state index in [9.17, 15) is 4.79 Å². The van der Waals surface area contributed by atoms with E-state index in [4.69, 9.17) is 4.74 Å². The number of likely N-dealkylation sites (tertiary alicyclic amines) is 1. The number of methoxy groups -OCH3 is 1. The molecule has 0 unspecified atom stereocenters. The Balaban J connectivity index is 1.57. The second kappa shape index (κ2) is 7.28. The smallest absolute Gasteiger partial charge is 0.232 e. The highest BCUT2D eigenvalue weighted by Gasteiger charge is 2.20. The van der Waals surface area contributed by atoms with Crippen molar-refractivity contribution in [3.8, 4) is 11.4 Å². The van der Waals surface area contributed by atoms with Crippen LogP contribution in [0.1, 0.15) is 12.8 Å². The normalized spacial score (nSPS) is 14.1. The molecule has 3 aromatic rings. The summed E-state index contributed by atoms with van der Waals surface area (Å²) in [5, 5.41) is 9.09. The van der Waals surface area contributed by atoms with Crippen molar-refractivity contribution in [2.45, 2.75) is 17.9 Å². The van der Waals surface area contributed by atoms with Gasteiger partial charge in [0, 0.05) is 13.1 Å². The number of carbonyl (C=O) groups excluding carboxylic acids is 1. The molecule has 0 N–H and O–H groups in total. The van der Waals surface area contributed by atoms with E-state index in [1.807, 2.05) is 29.2 Å². The molecule has 0 saturated carbocycles. The molecule has 9 heteroatoms. The summed E-state index contributed by atoms with van der Waals surface area (Å²) in [4.78, 5) is 22.8. The standard InChI is InChI=1S/C17H18N6O2S/c1-25-13-6-4-12(5-7-13)23-16-15(20-21-23)17(19-11-18-16)26-10-14(24)22-8-2-3-9-22/h4-7,11H,2-3,8-10H2,1H3. The number of carbonyl (C=O) groups is 1. The predicted molar refractivity (Wildman–Crippen MR) is 97.5 cm³/mol. The van der Waals surface area contributed by atoms with Crippen LogP contribution in [0.15, 0.2) is 35.6 Å². The van der Waals surface area contributed by atoms with Crippen LogP contribution in [0.2, 0.25) is 0 Å². The molecule has 1 aliphatic rings. The van der Waals surface area contributed by atoms with Crippen molar-refractivity contribution >= 4 is 28.8 Å². The van der Waals surface area contributed by atoms with Gasteiger partial charge in [-0.1, -0.05) is 17.0 Å². The van der Waals surface area contributed by atoms with E-state index in [1.165, 1.54) is 18.1 Å². The molecule has 2 aromatic heterocycles. The molecule has 134 valence electrons. The quantitative estimate of drug-likeness (QED) is 0.501. The van der Waals surface area contributed by atoms with Gasteiger partial charge < -0.3 is 9.64 Å². The minimum atomic E-state index is 0.141. The zero-order valence-electron chi connectivity index (χ0n) is 14.3. The van der Waals surface area contributed by atoms with Crippen molar-refractivity contribution in [2.24, 2.45) is 0 Å². The van der Waals surface area contributed by atoms with E-state index >= 15 is 0 Å². The lowest BCUT2D eigenvalue weighted by atomic mass is 10.3. The van der Waals surface area contributed by atoms with Crippen molar-refractivity contribution in [3.05, 3.63) is 30.6 Å². The summed E-state index contributed by atoms with van der Waals surface area (Å²) in [6.07, 6.45) is 3.66. The van der Waals surface area contributed by atoms with E-state index in [0.29, 0.717) is 21.9 Å². The largest absolute Gasteiger partial charge is 0.497 e. The van der Waals surface area contributed by atoms with Crippen LogP contribution in [0.3, 0.4) is 0 Å². The molecular formula is C17H18N6O2S. The Hall–Kier alpha value is -2.68. The maximum Gasteiger partial charge on any atom is 0.232 e. The van der Waals surface area contributed by atoms with E-state index < -0.39 is 0 Å². The monoisotopic (exact) mass is 370 g/mol. The fourth-order valence-corrected chi connectivity index (χ4v) is 3.75. The summed E-state index contributed by atoms with van der Waals surface area (Å²) in [5.41, 5.74) is 2.04. The number of hydrogen-bond acceptors (Lipinski definition) is 7. The molecule has 1 saturated heterocycles. The molecule has 0 spiro atoms. The van der Waals surface area contributed by atoms with Gasteiger partial charge in [-0.25, -0.2) is 9.97 Å². The van der Waals surface area contributed by atoms with Gasteiger partial charge in [-0.15, -0.1) is 5.10 Å². The summed E-state index contributed by atoms with van der Waals surface area (Å²) < 4.78 is 6.84. The Morgan fingerprint density at radius 2 is 1.96 bits per heavy atom. The Bertz CT molecular complexity index is 921. The molecule has 3 heterocycles. The lowest BCUT2D eigenvalue weighted by Gasteiger charge is -2.14. The first-order valence-electron chi connectivity index (χ1n) is 8.37. The molecule has 4 rings (SSSR count). The van der Waals surface area contributed by atoms with Gasteiger partial charge in [0.05, 0.1) is 18.6 Å². The van der Waals surface area contributed by atoms with Gasteiger partial charge in [0.2, 0.25) is 5.91 Å². The average molecular weight is 370 g/mol. The maximum atomic E-state index is 12.3. The Morgan fingerprint density at radius 1 is 1.19 bits per heavy atom. The number of amides is 1. The van der Waals surface area contributed by atoms with Crippen LogP contribution in [-0.2, 0) is 4.79 Å². The zero-order valence-corrected chi connectivity index (χ0v) is 15.1. The third kappa shape index (κ3) is 3.22. The topological polar surface area (TPSA) is 86.0 Å². The minimum absolute atomic E-state index is 0.141. The second-order valence-corrected chi connectivity index (χ2v) is 6.89. The molecule has 0 radical (unpaired) electrons. The SMILES string of the molecule is COc1ccc(-n2nnc3c(SCC(=O)N4CCCC4)ncnc32)cc1. The number of hydrogen-bond donors (Lipinski definition) is 0. The van der Waals surface area contributed by atoms with Crippen LogP contribution in [-0.4, -0.2) is 61.7 Å². The predicted octanol–water partition coefficient (Wildman–Crippen LogP) is 1.93. The second-order valence-electron chi connectivity index (χ2n) is 5.93. The van der Waals surface area contributed by atoms with Crippen LogP contribution < -0.4 is 4.74 Å². The van der Waals surface area contributed by atoms with E-state index in [1.54, 1.807) is 11.8 Å². The lowest BCUT2D eigenvalue weighted by molar-refractivity contribution is -0.127. The van der Waals surface area contributed by atoms with Crippen molar-refractivity contribution in [1.82, 2.24) is 29.9 Å². The average Bonchev–Trinajstić information content (AvgIpc) is 3.36. The Labute approximate surface area is 154 Å². The Kier molecular flexibility index (Phi) is 4.70. The Morgan fingerprint density at radius 3 is 2.69 bits per heavy atom. The molecule has 0 aliphatic carbocycles. The number of benzene rings is 1. The van der Waals surface area contributed by atoms with Gasteiger partial charge >= 0.3 is 0 Å². The van der Waals surface area contributed by atoms with Crippen LogP contribution in [0.5, 0.6) is 5.75 Å². The first-order valence-corrected chi connectivity index (χ1v) is 9.36. The summed E-state index contributed by atoms with van der Waals surface area (Å²) in [6, 6.07) is 7.49. The van der Waals surface area contributed by atoms with Crippen molar-refractivity contribution in [2.75, 3.05) is 26.0 Å². The highest BCUT2D eigenvalue weighted by molar-refractivity contribution is 8.00. The molecule has 0 atom stereocenters. The molecule has 8 nitrogen and oxygen atoms in total. The van der Waals surface area contributed by atoms with Crippen LogP contribution in [0.25, 0.3) is 16.9 Å². The molecule has 1 amide bonds. The van der Waals surface area contributed by atoms with Crippen LogP contribution in [0, 0.1) is 0 Å².